The number of para-hydroxylation sites is 10. The first-order valence-corrected chi connectivity index (χ1v) is 35.0. The number of anilines is 10. The molecule has 512 valence electrons. The van der Waals surface area contributed by atoms with Crippen LogP contribution >= 0.6 is 11.8 Å². The zero-order valence-electron chi connectivity index (χ0n) is 58.1. The first-order chi connectivity index (χ1) is 50.5. The van der Waals surface area contributed by atoms with Crippen LogP contribution in [0.4, 0.5) is 62.6 Å². The van der Waals surface area contributed by atoms with Gasteiger partial charge in [-0.2, -0.15) is 0 Å². The molecule has 12 aromatic carbocycles. The predicted molar refractivity (Wildman–Crippen MR) is 428 cm³/mol. The van der Waals surface area contributed by atoms with E-state index in [1.807, 2.05) is 123 Å². The normalized spacial score (nSPS) is 12.5. The monoisotopic (exact) mass is 1370 g/mol. The van der Waals surface area contributed by atoms with E-state index in [-0.39, 0.29) is 5.69 Å². The molecule has 0 bridgehead atoms. The van der Waals surface area contributed by atoms with E-state index in [0.717, 1.165) is 88.0 Å². The van der Waals surface area contributed by atoms with Gasteiger partial charge in [0.2, 0.25) is 0 Å². The lowest BCUT2D eigenvalue weighted by atomic mass is 10.1. The summed E-state index contributed by atoms with van der Waals surface area (Å²) in [7, 11) is 9.72. The van der Waals surface area contributed by atoms with Crippen molar-refractivity contribution in [1.82, 2.24) is 0 Å². The van der Waals surface area contributed by atoms with E-state index in [4.69, 9.17) is 18.9 Å². The minimum atomic E-state index is -0.424. The molecule has 0 saturated carbocycles. The number of benzene rings is 12. The maximum atomic E-state index is 11.2. The second kappa shape index (κ2) is 33.0. The number of methoxy groups -OCH3 is 1. The third kappa shape index (κ3) is 16.8. The molecule has 0 unspecified atom stereocenters. The molecule has 16 rings (SSSR count). The molecular formula is C89H79N7O6S. The molecule has 0 saturated heterocycles. The summed E-state index contributed by atoms with van der Waals surface area (Å²) < 4.78 is 23.3. The van der Waals surface area contributed by atoms with Crippen LogP contribution in [-0.2, 0) is 0 Å². The topological polar surface area (TPSA) is 99.5 Å². The number of non-ortho nitro benzene ring substituents is 1. The summed E-state index contributed by atoms with van der Waals surface area (Å²) in [4.78, 5) is 26.6. The summed E-state index contributed by atoms with van der Waals surface area (Å²) in [6.07, 6.45) is 17.3. The molecule has 4 aliphatic rings. The van der Waals surface area contributed by atoms with E-state index < -0.39 is 4.92 Å². The van der Waals surface area contributed by atoms with Crippen molar-refractivity contribution in [3.63, 3.8) is 0 Å². The summed E-state index contributed by atoms with van der Waals surface area (Å²) in [5.74, 6) is 5.29. The van der Waals surface area contributed by atoms with Crippen molar-refractivity contribution in [1.29, 1.82) is 0 Å². The van der Waals surface area contributed by atoms with Crippen LogP contribution in [0.3, 0.4) is 0 Å². The van der Waals surface area contributed by atoms with Crippen molar-refractivity contribution >= 4 is 98.6 Å². The predicted octanol–water partition coefficient (Wildman–Crippen LogP) is 23.0. The van der Waals surface area contributed by atoms with Gasteiger partial charge in [-0.15, -0.1) is 0 Å². The third-order valence-electron chi connectivity index (χ3n) is 17.5. The Morgan fingerprint density at radius 1 is 0.350 bits per heavy atom. The number of fused-ring (bicyclic) bond motifs is 8. The van der Waals surface area contributed by atoms with Crippen LogP contribution in [-0.4, -0.2) is 66.4 Å². The zero-order chi connectivity index (χ0) is 70.9. The molecule has 13 nitrogen and oxygen atoms in total. The van der Waals surface area contributed by atoms with Crippen LogP contribution in [0.2, 0.25) is 0 Å². The first-order valence-electron chi connectivity index (χ1n) is 34.1. The van der Waals surface area contributed by atoms with Gasteiger partial charge in [-0.25, -0.2) is 0 Å². The Morgan fingerprint density at radius 3 is 1.02 bits per heavy atom. The molecule has 12 aromatic rings. The number of rotatable bonds is 16. The highest BCUT2D eigenvalue weighted by atomic mass is 32.2. The SMILES string of the molecule is C(=C\c1ccccc1)/CN1c2ccccc2Oc2ccccc21.C(=C\c1ccccc1)/CN1c2ccccc2Sc2ccccc21.CN(C)c1ccc(/C=C/CN2c3ccccc3Oc3ccccc32)cc1.COc1ccc2c(c1)Oc1cc([N+](=O)[O-])ccc1N2C/C=C/c1ccc(N(C)C)cc1. The molecule has 14 heteroatoms. The highest BCUT2D eigenvalue weighted by molar-refractivity contribution is 7.99. The van der Waals surface area contributed by atoms with Gasteiger partial charge in [0.25, 0.3) is 5.69 Å². The summed E-state index contributed by atoms with van der Waals surface area (Å²) in [5, 5.41) is 11.2. The van der Waals surface area contributed by atoms with Gasteiger partial charge in [-0.05, 0) is 138 Å². The van der Waals surface area contributed by atoms with E-state index in [9.17, 15) is 10.1 Å². The van der Waals surface area contributed by atoms with Crippen molar-refractivity contribution in [2.24, 2.45) is 0 Å². The fourth-order valence-electron chi connectivity index (χ4n) is 12.3. The maximum absolute atomic E-state index is 11.2. The van der Waals surface area contributed by atoms with Gasteiger partial charge >= 0.3 is 0 Å². The Morgan fingerprint density at radius 2 is 0.650 bits per heavy atom. The molecule has 0 amide bonds. The largest absolute Gasteiger partial charge is 0.497 e. The molecule has 0 aliphatic carbocycles. The van der Waals surface area contributed by atoms with E-state index in [0.29, 0.717) is 23.8 Å². The molecule has 0 atom stereocenters. The molecule has 0 radical (unpaired) electrons. The average molecular weight is 1370 g/mol. The number of nitrogens with zero attached hydrogens (tertiary/aromatic N) is 7. The smallest absolute Gasteiger partial charge is 0.273 e. The zero-order valence-corrected chi connectivity index (χ0v) is 59.0. The third-order valence-corrected chi connectivity index (χ3v) is 18.7. The highest BCUT2D eigenvalue weighted by Gasteiger charge is 2.28. The lowest BCUT2D eigenvalue weighted by molar-refractivity contribution is -0.384. The van der Waals surface area contributed by atoms with Gasteiger partial charge in [0.05, 0.1) is 63.6 Å². The summed E-state index contributed by atoms with van der Waals surface area (Å²) in [6, 6.07) is 97.8. The van der Waals surface area contributed by atoms with Crippen LogP contribution < -0.4 is 48.3 Å². The van der Waals surface area contributed by atoms with Gasteiger partial charge in [-0.3, -0.25) is 10.1 Å². The fourth-order valence-corrected chi connectivity index (χ4v) is 13.4. The summed E-state index contributed by atoms with van der Waals surface area (Å²) in [5.41, 5.74) is 15.7. The lowest BCUT2D eigenvalue weighted by Crippen LogP contribution is -2.21. The van der Waals surface area contributed by atoms with Crippen LogP contribution in [0.15, 0.2) is 325 Å². The molecule has 0 N–H and O–H groups in total. The number of hydrogen-bond donors (Lipinski definition) is 0. The Hall–Kier alpha value is -12.7. The lowest BCUT2D eigenvalue weighted by Gasteiger charge is -2.32. The molecule has 103 heavy (non-hydrogen) atoms. The first kappa shape index (κ1) is 68.9. The standard InChI is InChI=1S/C24H23N3O4.C23H22N2O.C21H17NO.C21H17NS/c1-25(2)18-8-6-17(7-9-18)5-4-14-26-21-12-10-19(27(28)29)15-23(21)31-24-16-20(30-3)11-13-22(24)26;1-24(2)19-15-13-18(14-16-19)8-7-17-25-20-9-3-5-11-22(20)26-23-12-6-4-10-21(23)25;2*1-2-9-17(10-3-1)11-8-16-22-18-12-4-6-14-20(18)23-21-15-7-5-13-19(21)22/h4-13,15-16H,14H2,1-3H3;3-16H,17H2,1-2H3;2*1-15H,16H2/b5-4+;8-7+;2*11-8+. The van der Waals surface area contributed by atoms with Crippen LogP contribution in [0.1, 0.15) is 22.3 Å². The van der Waals surface area contributed by atoms with E-state index >= 15 is 0 Å². The number of hydrogen-bond acceptors (Lipinski definition) is 13. The minimum absolute atomic E-state index is 0.0124. The second-order valence-corrected chi connectivity index (χ2v) is 25.9. The number of ether oxygens (including phenoxy) is 4. The Kier molecular flexibility index (Phi) is 22.1. The number of nitro benzene ring substituents is 1. The molecule has 0 fully saturated rings. The van der Waals surface area contributed by atoms with Crippen molar-refractivity contribution in [2.45, 2.75) is 9.79 Å². The summed E-state index contributed by atoms with van der Waals surface area (Å²) >= 11 is 1.85. The Balaban J connectivity index is 0.000000123. The van der Waals surface area contributed by atoms with Crippen LogP contribution in [0.25, 0.3) is 24.3 Å². The molecule has 4 aliphatic heterocycles. The van der Waals surface area contributed by atoms with E-state index in [2.05, 4.69) is 262 Å². The van der Waals surface area contributed by atoms with Gasteiger partial charge in [0.15, 0.2) is 34.5 Å². The second-order valence-electron chi connectivity index (χ2n) is 24.8. The molecular weight excluding hydrogens is 1300 g/mol. The van der Waals surface area contributed by atoms with Gasteiger partial charge in [-0.1, -0.05) is 218 Å². The van der Waals surface area contributed by atoms with Crippen LogP contribution in [0, 0.1) is 10.1 Å². The molecule has 0 spiro atoms. The Labute approximate surface area is 607 Å². The molecule has 4 heterocycles. The van der Waals surface area contributed by atoms with Crippen molar-refractivity contribution < 1.29 is 23.9 Å². The van der Waals surface area contributed by atoms with Gasteiger partial charge in [0.1, 0.15) is 5.75 Å². The summed E-state index contributed by atoms with van der Waals surface area (Å²) in [6.45, 7) is 3.02. The van der Waals surface area contributed by atoms with Crippen molar-refractivity contribution in [2.75, 3.05) is 90.9 Å². The van der Waals surface area contributed by atoms with Crippen molar-refractivity contribution in [3.05, 3.63) is 348 Å². The van der Waals surface area contributed by atoms with E-state index in [1.165, 1.54) is 55.7 Å². The minimum Gasteiger partial charge on any atom is -0.497 e. The van der Waals surface area contributed by atoms with Gasteiger partial charge in [0, 0.05) is 87.7 Å². The molecule has 0 aromatic heterocycles. The number of nitro groups is 1. The van der Waals surface area contributed by atoms with Gasteiger partial charge < -0.3 is 48.3 Å². The average Bonchev–Trinajstić information content (AvgIpc) is 0.785. The van der Waals surface area contributed by atoms with Crippen LogP contribution in [0.5, 0.6) is 40.2 Å². The fraction of sp³-hybridized carbons (Fsp3) is 0.101. The highest BCUT2D eigenvalue weighted by Crippen LogP contribution is 2.51. The maximum Gasteiger partial charge on any atom is 0.273 e. The van der Waals surface area contributed by atoms with Crippen molar-refractivity contribution in [3.8, 4) is 40.2 Å². The Bertz CT molecular complexity index is 4720. The van der Waals surface area contributed by atoms with E-state index in [1.54, 1.807) is 19.2 Å². The quantitative estimate of drug-likeness (QED) is 0.0679.